The van der Waals surface area contributed by atoms with Gasteiger partial charge in [-0.25, -0.2) is 0 Å². The third kappa shape index (κ3) is 4.64. The number of hydrogen-bond acceptors (Lipinski definition) is 3. The topological polar surface area (TPSA) is 66.6 Å². The molecule has 4 nitrogen and oxygen atoms in total. The first-order valence-electron chi connectivity index (χ1n) is 6.67. The summed E-state index contributed by atoms with van der Waals surface area (Å²) in [6.45, 7) is 3.15. The Morgan fingerprint density at radius 2 is 2.00 bits per heavy atom. The van der Waals surface area contributed by atoms with Crippen molar-refractivity contribution in [1.29, 1.82) is 0 Å². The highest BCUT2D eigenvalue weighted by molar-refractivity contribution is 5.78. The van der Waals surface area contributed by atoms with Crippen LogP contribution in [0.15, 0.2) is 0 Å². The molecular formula is C13H26N2O2. The number of nitrogens with zero attached hydrogens (tertiary/aromatic N) is 1. The molecular weight excluding hydrogens is 216 g/mol. The Balaban J connectivity index is 2.32. The first-order valence-corrected chi connectivity index (χ1v) is 6.67. The third-order valence-electron chi connectivity index (χ3n) is 3.79. The predicted octanol–water partition coefficient (Wildman–Crippen LogP) is 0.981. The Labute approximate surface area is 104 Å². The number of carbonyl (C=O) groups is 1. The van der Waals surface area contributed by atoms with E-state index in [4.69, 9.17) is 5.73 Å². The van der Waals surface area contributed by atoms with E-state index >= 15 is 0 Å². The van der Waals surface area contributed by atoms with E-state index in [2.05, 4.69) is 0 Å². The van der Waals surface area contributed by atoms with Gasteiger partial charge in [0.1, 0.15) is 0 Å². The van der Waals surface area contributed by atoms with Crippen molar-refractivity contribution in [3.8, 4) is 0 Å². The highest BCUT2D eigenvalue weighted by atomic mass is 16.3. The van der Waals surface area contributed by atoms with Crippen LogP contribution >= 0.6 is 0 Å². The number of amides is 1. The lowest BCUT2D eigenvalue weighted by Gasteiger charge is -2.30. The zero-order valence-electron chi connectivity index (χ0n) is 11.1. The molecule has 1 unspecified atom stereocenters. The van der Waals surface area contributed by atoms with E-state index in [0.717, 1.165) is 32.2 Å². The van der Waals surface area contributed by atoms with Crippen molar-refractivity contribution in [1.82, 2.24) is 4.90 Å². The second-order valence-electron chi connectivity index (χ2n) is 5.35. The molecule has 1 amide bonds. The van der Waals surface area contributed by atoms with Crippen LogP contribution in [0.5, 0.6) is 0 Å². The smallest absolute Gasteiger partial charge is 0.225 e. The Hall–Kier alpha value is -0.610. The molecule has 0 bridgehead atoms. The molecule has 0 aliphatic heterocycles. The SMILES string of the molecule is CC(O)CCN(C)C(=O)C1CCC(CN)CC1. The summed E-state index contributed by atoms with van der Waals surface area (Å²) in [5.41, 5.74) is 5.64. The Bertz CT molecular complexity index is 236. The quantitative estimate of drug-likeness (QED) is 0.755. The van der Waals surface area contributed by atoms with E-state index in [9.17, 15) is 9.90 Å². The molecule has 1 atom stereocenters. The summed E-state index contributed by atoms with van der Waals surface area (Å²) >= 11 is 0. The van der Waals surface area contributed by atoms with Crippen LogP contribution in [-0.4, -0.2) is 42.2 Å². The standard InChI is InChI=1S/C13H26N2O2/c1-10(16)7-8-15(2)13(17)12-5-3-11(9-14)4-6-12/h10-12,16H,3-9,14H2,1-2H3. The lowest BCUT2D eigenvalue weighted by molar-refractivity contribution is -0.135. The summed E-state index contributed by atoms with van der Waals surface area (Å²) in [7, 11) is 1.83. The van der Waals surface area contributed by atoms with E-state index in [1.807, 2.05) is 7.05 Å². The van der Waals surface area contributed by atoms with E-state index in [1.54, 1.807) is 11.8 Å². The maximum Gasteiger partial charge on any atom is 0.225 e. The second kappa shape index (κ2) is 6.97. The van der Waals surface area contributed by atoms with Gasteiger partial charge in [0.15, 0.2) is 0 Å². The minimum atomic E-state index is -0.335. The van der Waals surface area contributed by atoms with E-state index in [-0.39, 0.29) is 17.9 Å². The van der Waals surface area contributed by atoms with Gasteiger partial charge in [0.25, 0.3) is 0 Å². The molecule has 1 aliphatic rings. The van der Waals surface area contributed by atoms with Gasteiger partial charge in [-0.15, -0.1) is 0 Å². The van der Waals surface area contributed by atoms with Crippen molar-refractivity contribution in [2.75, 3.05) is 20.1 Å². The van der Waals surface area contributed by atoms with Gasteiger partial charge in [0, 0.05) is 19.5 Å². The zero-order chi connectivity index (χ0) is 12.8. The molecule has 100 valence electrons. The first-order chi connectivity index (χ1) is 8.04. The minimum Gasteiger partial charge on any atom is -0.393 e. The molecule has 4 heteroatoms. The Kier molecular flexibility index (Phi) is 5.92. The maximum atomic E-state index is 12.1. The largest absolute Gasteiger partial charge is 0.393 e. The monoisotopic (exact) mass is 242 g/mol. The van der Waals surface area contributed by atoms with Gasteiger partial charge < -0.3 is 15.7 Å². The summed E-state index contributed by atoms with van der Waals surface area (Å²) < 4.78 is 0. The number of nitrogens with two attached hydrogens (primary N) is 1. The average molecular weight is 242 g/mol. The highest BCUT2D eigenvalue weighted by Crippen LogP contribution is 2.29. The van der Waals surface area contributed by atoms with Crippen LogP contribution < -0.4 is 5.73 Å². The number of rotatable bonds is 5. The van der Waals surface area contributed by atoms with E-state index in [0.29, 0.717) is 18.9 Å². The van der Waals surface area contributed by atoms with Crippen molar-refractivity contribution in [2.45, 2.75) is 45.1 Å². The summed E-state index contributed by atoms with van der Waals surface area (Å²) in [6.07, 6.45) is 4.42. The van der Waals surface area contributed by atoms with Crippen molar-refractivity contribution in [3.63, 3.8) is 0 Å². The molecule has 0 radical (unpaired) electrons. The molecule has 1 aliphatic carbocycles. The summed E-state index contributed by atoms with van der Waals surface area (Å²) in [5, 5.41) is 9.21. The van der Waals surface area contributed by atoms with Gasteiger partial charge in [-0.3, -0.25) is 4.79 Å². The second-order valence-corrected chi connectivity index (χ2v) is 5.35. The van der Waals surface area contributed by atoms with E-state index < -0.39 is 0 Å². The summed E-state index contributed by atoms with van der Waals surface area (Å²) in [5.74, 6) is 1.03. The van der Waals surface area contributed by atoms with Crippen molar-refractivity contribution in [3.05, 3.63) is 0 Å². The van der Waals surface area contributed by atoms with Gasteiger partial charge in [-0.2, -0.15) is 0 Å². The molecule has 0 saturated heterocycles. The fourth-order valence-corrected chi connectivity index (χ4v) is 2.45. The van der Waals surface area contributed by atoms with Crippen LogP contribution in [-0.2, 0) is 4.79 Å². The molecule has 0 heterocycles. The van der Waals surface area contributed by atoms with Gasteiger partial charge >= 0.3 is 0 Å². The van der Waals surface area contributed by atoms with Crippen molar-refractivity contribution in [2.24, 2.45) is 17.6 Å². The number of carbonyl (C=O) groups excluding carboxylic acids is 1. The van der Waals surface area contributed by atoms with Crippen molar-refractivity contribution >= 4 is 5.91 Å². The van der Waals surface area contributed by atoms with Gasteiger partial charge in [0.05, 0.1) is 6.10 Å². The van der Waals surface area contributed by atoms with Crippen molar-refractivity contribution < 1.29 is 9.90 Å². The average Bonchev–Trinajstić information content (AvgIpc) is 2.35. The fraction of sp³-hybridized carbons (Fsp3) is 0.923. The normalized spacial score (nSPS) is 26.6. The molecule has 17 heavy (non-hydrogen) atoms. The first kappa shape index (κ1) is 14.5. The van der Waals surface area contributed by atoms with Gasteiger partial charge in [0.2, 0.25) is 5.91 Å². The molecule has 1 fully saturated rings. The van der Waals surface area contributed by atoms with Gasteiger partial charge in [-0.1, -0.05) is 0 Å². The molecule has 1 rings (SSSR count). The molecule has 0 spiro atoms. The lowest BCUT2D eigenvalue weighted by Crippen LogP contribution is -2.37. The summed E-state index contributed by atoms with van der Waals surface area (Å²) in [4.78, 5) is 13.9. The fourth-order valence-electron chi connectivity index (χ4n) is 2.45. The molecule has 0 aromatic rings. The third-order valence-corrected chi connectivity index (χ3v) is 3.79. The van der Waals surface area contributed by atoms with Gasteiger partial charge in [-0.05, 0) is 51.5 Å². The molecule has 0 aromatic carbocycles. The minimum absolute atomic E-state index is 0.178. The summed E-state index contributed by atoms with van der Waals surface area (Å²) in [6, 6.07) is 0. The molecule has 1 saturated carbocycles. The molecule has 3 N–H and O–H groups in total. The predicted molar refractivity (Wildman–Crippen MR) is 68.4 cm³/mol. The number of aliphatic hydroxyl groups excluding tert-OH is 1. The Morgan fingerprint density at radius 3 is 2.47 bits per heavy atom. The van der Waals surface area contributed by atoms with Crippen LogP contribution in [0.4, 0.5) is 0 Å². The Morgan fingerprint density at radius 1 is 1.41 bits per heavy atom. The lowest BCUT2D eigenvalue weighted by atomic mass is 9.81. The van der Waals surface area contributed by atoms with E-state index in [1.165, 1.54) is 0 Å². The zero-order valence-corrected chi connectivity index (χ0v) is 11.1. The number of aliphatic hydroxyl groups is 1. The van der Waals surface area contributed by atoms with Crippen LogP contribution in [0, 0.1) is 11.8 Å². The van der Waals surface area contributed by atoms with Crippen LogP contribution in [0.25, 0.3) is 0 Å². The maximum absolute atomic E-state index is 12.1. The van der Waals surface area contributed by atoms with Crippen LogP contribution in [0.3, 0.4) is 0 Å². The van der Waals surface area contributed by atoms with Crippen LogP contribution in [0.2, 0.25) is 0 Å². The van der Waals surface area contributed by atoms with Crippen LogP contribution in [0.1, 0.15) is 39.0 Å². The highest BCUT2D eigenvalue weighted by Gasteiger charge is 2.27. The number of hydrogen-bond donors (Lipinski definition) is 2. The molecule has 0 aromatic heterocycles.